The molecule has 1 aliphatic heterocycles. The van der Waals surface area contributed by atoms with E-state index in [1.165, 1.54) is 12.1 Å². The molecular formula is C17H24FN3O2. The molecule has 2 atom stereocenters. The lowest BCUT2D eigenvalue weighted by Gasteiger charge is -2.26. The van der Waals surface area contributed by atoms with Gasteiger partial charge in [0.25, 0.3) is 0 Å². The Morgan fingerprint density at radius 2 is 1.91 bits per heavy atom. The predicted molar refractivity (Wildman–Crippen MR) is 87.6 cm³/mol. The fourth-order valence-corrected chi connectivity index (χ4v) is 2.62. The number of nitrogens with one attached hydrogen (secondary N) is 2. The van der Waals surface area contributed by atoms with Crippen LogP contribution in [0.15, 0.2) is 24.3 Å². The highest BCUT2D eigenvalue weighted by molar-refractivity contribution is 5.97. The highest BCUT2D eigenvalue weighted by Gasteiger charge is 2.29. The first-order valence-electron chi connectivity index (χ1n) is 8.13. The summed E-state index contributed by atoms with van der Waals surface area (Å²) in [5.74, 6) is -0.931. The number of rotatable bonds is 5. The predicted octanol–water partition coefficient (Wildman–Crippen LogP) is 2.98. The topological polar surface area (TPSA) is 61.4 Å². The Bertz CT molecular complexity index is 559. The van der Waals surface area contributed by atoms with Crippen molar-refractivity contribution in [3.63, 3.8) is 0 Å². The number of carbonyl (C=O) groups excluding carboxylic acids is 2. The molecular weight excluding hydrogens is 297 g/mol. The molecule has 2 N–H and O–H groups in total. The van der Waals surface area contributed by atoms with Crippen molar-refractivity contribution in [2.45, 2.75) is 39.2 Å². The summed E-state index contributed by atoms with van der Waals surface area (Å²) in [6.45, 7) is 5.29. The first-order valence-corrected chi connectivity index (χ1v) is 8.13. The van der Waals surface area contributed by atoms with E-state index in [4.69, 9.17) is 0 Å². The molecule has 0 spiro atoms. The smallest absolute Gasteiger partial charge is 0.318 e. The molecule has 2 rings (SSSR count). The zero-order valence-electron chi connectivity index (χ0n) is 13.6. The molecule has 23 heavy (non-hydrogen) atoms. The number of urea groups is 1. The Labute approximate surface area is 136 Å². The van der Waals surface area contributed by atoms with Gasteiger partial charge in [0, 0.05) is 13.1 Å². The molecule has 1 fully saturated rings. The van der Waals surface area contributed by atoms with Crippen LogP contribution in [0, 0.1) is 11.7 Å². The highest BCUT2D eigenvalue weighted by Crippen LogP contribution is 2.16. The fourth-order valence-electron chi connectivity index (χ4n) is 2.62. The molecule has 5 nitrogen and oxygen atoms in total. The maximum atomic E-state index is 13.7. The van der Waals surface area contributed by atoms with Gasteiger partial charge >= 0.3 is 6.03 Å². The minimum atomic E-state index is -0.687. The van der Waals surface area contributed by atoms with E-state index in [9.17, 15) is 14.0 Å². The molecule has 6 heteroatoms. The third-order valence-corrected chi connectivity index (χ3v) is 4.30. The van der Waals surface area contributed by atoms with Crippen LogP contribution in [0.5, 0.6) is 0 Å². The fraction of sp³-hybridized carbons (Fsp3) is 0.529. The van der Waals surface area contributed by atoms with Gasteiger partial charge < -0.3 is 15.5 Å². The molecule has 3 amide bonds. The Morgan fingerprint density at radius 3 is 2.52 bits per heavy atom. The van der Waals surface area contributed by atoms with Crippen molar-refractivity contribution in [1.82, 2.24) is 10.2 Å². The number of likely N-dealkylation sites (tertiary alicyclic amines) is 1. The number of hydrogen-bond acceptors (Lipinski definition) is 2. The lowest BCUT2D eigenvalue weighted by atomic mass is 9.98. The zero-order chi connectivity index (χ0) is 16.8. The molecule has 1 heterocycles. The van der Waals surface area contributed by atoms with Gasteiger partial charge in [-0.05, 0) is 30.9 Å². The molecule has 1 saturated heterocycles. The molecule has 0 bridgehead atoms. The monoisotopic (exact) mass is 321 g/mol. The van der Waals surface area contributed by atoms with Gasteiger partial charge in [-0.2, -0.15) is 0 Å². The van der Waals surface area contributed by atoms with Crippen molar-refractivity contribution in [2.24, 2.45) is 5.92 Å². The van der Waals surface area contributed by atoms with Crippen molar-refractivity contribution in [3.8, 4) is 0 Å². The second kappa shape index (κ2) is 7.94. The van der Waals surface area contributed by atoms with Gasteiger partial charge in [0.05, 0.1) is 5.69 Å². The lowest BCUT2D eigenvalue weighted by molar-refractivity contribution is -0.119. The summed E-state index contributed by atoms with van der Waals surface area (Å²) in [7, 11) is 0. The van der Waals surface area contributed by atoms with Crippen LogP contribution in [0.3, 0.4) is 0 Å². The molecule has 1 aromatic rings. The maximum Gasteiger partial charge on any atom is 0.318 e. The van der Waals surface area contributed by atoms with Crippen LogP contribution in [0.1, 0.15) is 33.1 Å². The van der Waals surface area contributed by atoms with Crippen LogP contribution in [-0.4, -0.2) is 36.0 Å². The van der Waals surface area contributed by atoms with E-state index in [1.807, 2.05) is 13.8 Å². The summed E-state index contributed by atoms with van der Waals surface area (Å²) in [6.07, 6.45) is 2.71. The van der Waals surface area contributed by atoms with Crippen LogP contribution in [0.4, 0.5) is 14.9 Å². The number of hydrogen-bond donors (Lipinski definition) is 2. The first-order chi connectivity index (χ1) is 11.0. The third-order valence-electron chi connectivity index (χ3n) is 4.30. The van der Waals surface area contributed by atoms with Gasteiger partial charge in [-0.3, -0.25) is 4.79 Å². The Hall–Kier alpha value is -2.11. The number of halogens is 1. The standard InChI is InChI=1S/C17H24FN3O2/c1-3-12(2)15(20-17(23)21-10-6-7-11-21)16(22)19-14-9-5-4-8-13(14)18/h4-5,8-9,12,15H,3,6-7,10-11H2,1-2H3,(H,19,22)(H,20,23)/t12?,15-/m0/s1. The van der Waals surface area contributed by atoms with E-state index in [-0.39, 0.29) is 17.6 Å². The Kier molecular flexibility index (Phi) is 5.96. The number of amides is 3. The minimum absolute atomic E-state index is 0.0478. The molecule has 1 aromatic carbocycles. The lowest BCUT2D eigenvalue weighted by Crippen LogP contribution is -2.51. The van der Waals surface area contributed by atoms with Crippen LogP contribution in [0.25, 0.3) is 0 Å². The van der Waals surface area contributed by atoms with Gasteiger partial charge in [0.2, 0.25) is 5.91 Å². The molecule has 0 aliphatic carbocycles. The van der Waals surface area contributed by atoms with Crippen LogP contribution < -0.4 is 10.6 Å². The average Bonchev–Trinajstić information content (AvgIpc) is 3.08. The molecule has 1 aliphatic rings. The Balaban J connectivity index is 2.06. The second-order valence-electron chi connectivity index (χ2n) is 5.98. The van der Waals surface area contributed by atoms with Crippen molar-refractivity contribution >= 4 is 17.6 Å². The number of carbonyl (C=O) groups is 2. The van der Waals surface area contributed by atoms with Gasteiger partial charge in [-0.25, -0.2) is 9.18 Å². The maximum absolute atomic E-state index is 13.7. The van der Waals surface area contributed by atoms with E-state index in [2.05, 4.69) is 10.6 Å². The van der Waals surface area contributed by atoms with E-state index < -0.39 is 17.8 Å². The quantitative estimate of drug-likeness (QED) is 0.876. The molecule has 0 saturated carbocycles. The summed E-state index contributed by atoms with van der Waals surface area (Å²) >= 11 is 0. The number of anilines is 1. The highest BCUT2D eigenvalue weighted by atomic mass is 19.1. The largest absolute Gasteiger partial charge is 0.326 e. The average molecular weight is 321 g/mol. The molecule has 0 radical (unpaired) electrons. The SMILES string of the molecule is CCC(C)[C@H](NC(=O)N1CCCC1)C(=O)Nc1ccccc1F. The van der Waals surface area contributed by atoms with Gasteiger partial charge in [-0.1, -0.05) is 32.4 Å². The van der Waals surface area contributed by atoms with Gasteiger partial charge in [-0.15, -0.1) is 0 Å². The van der Waals surface area contributed by atoms with Crippen LogP contribution in [0.2, 0.25) is 0 Å². The van der Waals surface area contributed by atoms with Crippen molar-refractivity contribution in [2.75, 3.05) is 18.4 Å². The minimum Gasteiger partial charge on any atom is -0.326 e. The van der Waals surface area contributed by atoms with Crippen LogP contribution in [-0.2, 0) is 4.79 Å². The summed E-state index contributed by atoms with van der Waals surface area (Å²) in [5.41, 5.74) is 0.126. The third kappa shape index (κ3) is 4.43. The summed E-state index contributed by atoms with van der Waals surface area (Å²) in [6, 6.07) is 5.09. The van der Waals surface area contributed by atoms with Crippen LogP contribution >= 0.6 is 0 Å². The first kappa shape index (κ1) is 17.2. The van der Waals surface area contributed by atoms with E-state index in [0.29, 0.717) is 13.1 Å². The van der Waals surface area contributed by atoms with Crippen molar-refractivity contribution < 1.29 is 14.0 Å². The normalized spacial score (nSPS) is 16.7. The molecule has 0 aromatic heterocycles. The molecule has 126 valence electrons. The summed E-state index contributed by atoms with van der Waals surface area (Å²) in [5, 5.41) is 5.38. The van der Waals surface area contributed by atoms with E-state index in [1.54, 1.807) is 17.0 Å². The number of nitrogens with zero attached hydrogens (tertiary/aromatic N) is 1. The molecule has 1 unspecified atom stereocenters. The van der Waals surface area contributed by atoms with E-state index >= 15 is 0 Å². The van der Waals surface area contributed by atoms with Crippen molar-refractivity contribution in [3.05, 3.63) is 30.1 Å². The second-order valence-corrected chi connectivity index (χ2v) is 5.98. The number of para-hydroxylation sites is 1. The van der Waals surface area contributed by atoms with Gasteiger partial charge in [0.1, 0.15) is 11.9 Å². The van der Waals surface area contributed by atoms with Gasteiger partial charge in [0.15, 0.2) is 0 Å². The van der Waals surface area contributed by atoms with Crippen molar-refractivity contribution in [1.29, 1.82) is 0 Å². The zero-order valence-corrected chi connectivity index (χ0v) is 13.6. The van der Waals surface area contributed by atoms with E-state index in [0.717, 1.165) is 19.3 Å². The summed E-state index contributed by atoms with van der Waals surface area (Å²) in [4.78, 5) is 26.5. The number of benzene rings is 1. The Morgan fingerprint density at radius 1 is 1.26 bits per heavy atom. The summed E-state index contributed by atoms with van der Waals surface area (Å²) < 4.78 is 13.7.